The molecule has 1 saturated carbocycles. The third kappa shape index (κ3) is 2.43. The number of hydrogen-bond acceptors (Lipinski definition) is 3. The van der Waals surface area contributed by atoms with Crippen molar-refractivity contribution in [3.8, 4) is 0 Å². The molecule has 0 saturated heterocycles. The molecular formula is C8H16O3. The van der Waals surface area contributed by atoms with E-state index in [4.69, 9.17) is 15.3 Å². The summed E-state index contributed by atoms with van der Waals surface area (Å²) < 4.78 is 0. The van der Waals surface area contributed by atoms with Gasteiger partial charge in [-0.1, -0.05) is 6.42 Å². The second-order valence-electron chi connectivity index (χ2n) is 3.35. The van der Waals surface area contributed by atoms with Crippen molar-refractivity contribution < 1.29 is 15.3 Å². The zero-order chi connectivity index (χ0) is 8.27. The van der Waals surface area contributed by atoms with Crippen LogP contribution < -0.4 is 0 Å². The van der Waals surface area contributed by atoms with Crippen molar-refractivity contribution in [1.82, 2.24) is 0 Å². The van der Waals surface area contributed by atoms with Crippen LogP contribution in [0.3, 0.4) is 0 Å². The Hall–Kier alpha value is -0.120. The molecule has 3 N–H and O–H groups in total. The Morgan fingerprint density at radius 2 is 1.82 bits per heavy atom. The second kappa shape index (κ2) is 4.04. The Bertz CT molecular complexity index is 114. The fraction of sp³-hybridized carbons (Fsp3) is 1.00. The summed E-state index contributed by atoms with van der Waals surface area (Å²) in [5.41, 5.74) is 0. The highest BCUT2D eigenvalue weighted by Gasteiger charge is 2.27. The van der Waals surface area contributed by atoms with Gasteiger partial charge < -0.3 is 15.3 Å². The largest absolute Gasteiger partial charge is 0.396 e. The van der Waals surface area contributed by atoms with Crippen LogP contribution in [-0.2, 0) is 0 Å². The van der Waals surface area contributed by atoms with Crippen molar-refractivity contribution in [2.24, 2.45) is 11.8 Å². The number of hydrogen-bond donors (Lipinski definition) is 3. The van der Waals surface area contributed by atoms with Crippen LogP contribution in [0, 0.1) is 11.8 Å². The van der Waals surface area contributed by atoms with Crippen molar-refractivity contribution in [1.29, 1.82) is 0 Å². The SMILES string of the molecule is OCC1CCC[C@@H]1CC(O)O. The van der Waals surface area contributed by atoms with Gasteiger partial charge >= 0.3 is 0 Å². The van der Waals surface area contributed by atoms with E-state index in [-0.39, 0.29) is 6.61 Å². The van der Waals surface area contributed by atoms with Gasteiger partial charge in [-0.05, 0) is 24.7 Å². The van der Waals surface area contributed by atoms with Crippen LogP contribution in [0.15, 0.2) is 0 Å². The van der Waals surface area contributed by atoms with Gasteiger partial charge in [0.2, 0.25) is 0 Å². The van der Waals surface area contributed by atoms with Gasteiger partial charge in [-0.3, -0.25) is 0 Å². The second-order valence-corrected chi connectivity index (χ2v) is 3.35. The molecular weight excluding hydrogens is 144 g/mol. The van der Waals surface area contributed by atoms with Gasteiger partial charge in [-0.25, -0.2) is 0 Å². The zero-order valence-electron chi connectivity index (χ0n) is 6.61. The van der Waals surface area contributed by atoms with Crippen molar-refractivity contribution in [3.05, 3.63) is 0 Å². The predicted molar refractivity (Wildman–Crippen MR) is 40.8 cm³/mol. The van der Waals surface area contributed by atoms with Crippen molar-refractivity contribution in [2.45, 2.75) is 32.0 Å². The maximum Gasteiger partial charge on any atom is 0.151 e. The molecule has 0 bridgehead atoms. The summed E-state index contributed by atoms with van der Waals surface area (Å²) in [6.45, 7) is 0.192. The summed E-state index contributed by atoms with van der Waals surface area (Å²) in [5.74, 6) is 0.622. The van der Waals surface area contributed by atoms with Gasteiger partial charge in [0, 0.05) is 13.0 Å². The molecule has 0 aromatic carbocycles. The lowest BCUT2D eigenvalue weighted by Gasteiger charge is -2.17. The molecule has 0 aromatic rings. The van der Waals surface area contributed by atoms with Gasteiger partial charge in [0.05, 0.1) is 0 Å². The van der Waals surface area contributed by atoms with E-state index < -0.39 is 6.29 Å². The average Bonchev–Trinajstić information content (AvgIpc) is 2.34. The van der Waals surface area contributed by atoms with E-state index in [0.717, 1.165) is 19.3 Å². The highest BCUT2D eigenvalue weighted by atomic mass is 16.5. The first kappa shape index (κ1) is 8.97. The van der Waals surface area contributed by atoms with Crippen LogP contribution >= 0.6 is 0 Å². The van der Waals surface area contributed by atoms with Gasteiger partial charge in [0.1, 0.15) is 0 Å². The van der Waals surface area contributed by atoms with Crippen molar-refractivity contribution in [2.75, 3.05) is 6.61 Å². The summed E-state index contributed by atoms with van der Waals surface area (Å²) >= 11 is 0. The number of aliphatic hydroxyl groups excluding tert-OH is 2. The first-order valence-corrected chi connectivity index (χ1v) is 4.21. The van der Waals surface area contributed by atoms with Crippen molar-refractivity contribution >= 4 is 0 Å². The standard InChI is InChI=1S/C8H16O3/c9-5-7-3-1-2-6(7)4-8(10)11/h6-11H,1-5H2/t6-,7?/m1/s1. The molecule has 1 aliphatic carbocycles. The maximum atomic E-state index is 8.89. The molecule has 11 heavy (non-hydrogen) atoms. The van der Waals surface area contributed by atoms with Gasteiger partial charge in [0.15, 0.2) is 6.29 Å². The molecule has 1 fully saturated rings. The van der Waals surface area contributed by atoms with Crippen LogP contribution in [-0.4, -0.2) is 28.2 Å². The summed E-state index contributed by atoms with van der Waals surface area (Å²) in [4.78, 5) is 0. The Morgan fingerprint density at radius 1 is 1.18 bits per heavy atom. The molecule has 0 aromatic heterocycles. The molecule has 0 heterocycles. The minimum absolute atomic E-state index is 0.192. The molecule has 1 rings (SSSR count). The zero-order valence-corrected chi connectivity index (χ0v) is 6.61. The molecule has 0 amide bonds. The lowest BCUT2D eigenvalue weighted by molar-refractivity contribution is -0.0608. The molecule has 1 aliphatic rings. The summed E-state index contributed by atoms with van der Waals surface area (Å²) in [7, 11) is 0. The molecule has 0 aliphatic heterocycles. The quantitative estimate of drug-likeness (QED) is 0.513. The van der Waals surface area contributed by atoms with Gasteiger partial charge in [-0.2, -0.15) is 0 Å². The minimum Gasteiger partial charge on any atom is -0.396 e. The third-order valence-electron chi connectivity index (χ3n) is 2.56. The van der Waals surface area contributed by atoms with E-state index in [9.17, 15) is 0 Å². The van der Waals surface area contributed by atoms with E-state index in [0.29, 0.717) is 18.3 Å². The molecule has 66 valence electrons. The first-order valence-electron chi connectivity index (χ1n) is 4.21. The Labute approximate surface area is 66.7 Å². The van der Waals surface area contributed by atoms with Crippen molar-refractivity contribution in [3.63, 3.8) is 0 Å². The first-order chi connectivity index (χ1) is 5.24. The van der Waals surface area contributed by atoms with Crippen LogP contribution in [0.5, 0.6) is 0 Å². The predicted octanol–water partition coefficient (Wildman–Crippen LogP) is 0.0958. The molecule has 1 unspecified atom stereocenters. The fourth-order valence-corrected chi connectivity index (χ4v) is 1.94. The molecule has 0 spiro atoms. The lowest BCUT2D eigenvalue weighted by atomic mass is 9.93. The normalized spacial score (nSPS) is 31.6. The highest BCUT2D eigenvalue weighted by Crippen LogP contribution is 2.34. The Balaban J connectivity index is 2.31. The average molecular weight is 160 g/mol. The van der Waals surface area contributed by atoms with E-state index in [1.165, 1.54) is 0 Å². The molecule has 3 nitrogen and oxygen atoms in total. The maximum absolute atomic E-state index is 8.89. The number of rotatable bonds is 3. The fourth-order valence-electron chi connectivity index (χ4n) is 1.94. The Morgan fingerprint density at radius 3 is 2.36 bits per heavy atom. The topological polar surface area (TPSA) is 60.7 Å². The minimum atomic E-state index is -1.20. The van der Waals surface area contributed by atoms with E-state index >= 15 is 0 Å². The summed E-state index contributed by atoms with van der Waals surface area (Å²) in [6.07, 6.45) is 2.40. The molecule has 0 radical (unpaired) electrons. The van der Waals surface area contributed by atoms with Crippen LogP contribution in [0.2, 0.25) is 0 Å². The number of aliphatic hydroxyl groups is 3. The van der Waals surface area contributed by atoms with Crippen LogP contribution in [0.25, 0.3) is 0 Å². The lowest BCUT2D eigenvalue weighted by Crippen LogP contribution is -2.18. The van der Waals surface area contributed by atoms with E-state index in [2.05, 4.69) is 0 Å². The van der Waals surface area contributed by atoms with Gasteiger partial charge in [0.25, 0.3) is 0 Å². The van der Waals surface area contributed by atoms with Gasteiger partial charge in [-0.15, -0.1) is 0 Å². The van der Waals surface area contributed by atoms with E-state index in [1.807, 2.05) is 0 Å². The van der Waals surface area contributed by atoms with E-state index in [1.54, 1.807) is 0 Å². The monoisotopic (exact) mass is 160 g/mol. The highest BCUT2D eigenvalue weighted by molar-refractivity contribution is 4.77. The molecule has 2 atom stereocenters. The summed E-state index contributed by atoms with van der Waals surface area (Å²) in [5, 5.41) is 26.3. The van der Waals surface area contributed by atoms with Crippen LogP contribution in [0.1, 0.15) is 25.7 Å². The van der Waals surface area contributed by atoms with Crippen LogP contribution in [0.4, 0.5) is 0 Å². The smallest absolute Gasteiger partial charge is 0.151 e. The third-order valence-corrected chi connectivity index (χ3v) is 2.56. The summed E-state index contributed by atoms with van der Waals surface area (Å²) in [6, 6.07) is 0. The Kier molecular flexibility index (Phi) is 3.30. The molecule has 3 heteroatoms.